The van der Waals surface area contributed by atoms with Gasteiger partial charge in [0, 0.05) is 19.1 Å². The molecule has 144 valence electrons. The van der Waals surface area contributed by atoms with Crippen LogP contribution in [0, 0.1) is 18.7 Å². The standard InChI is InChI=1S/C19H27FN2O3S/c1-14-12-16(20)9-10-18(14)26(24,25)22-11-5-6-15(13-22)19(23)21-17-7-3-2-4-8-17/h9-10,12,15,17H,2-8,11,13H2,1H3,(H,21,23). The lowest BCUT2D eigenvalue weighted by Crippen LogP contribution is -2.47. The molecule has 2 aliphatic rings. The second-order valence-corrected chi connectivity index (χ2v) is 9.36. The van der Waals surface area contributed by atoms with Crippen LogP contribution < -0.4 is 5.32 Å². The van der Waals surface area contributed by atoms with E-state index >= 15 is 0 Å². The van der Waals surface area contributed by atoms with E-state index in [-0.39, 0.29) is 29.3 Å². The average molecular weight is 383 g/mol. The van der Waals surface area contributed by atoms with E-state index in [1.54, 1.807) is 6.92 Å². The van der Waals surface area contributed by atoms with Gasteiger partial charge in [0.15, 0.2) is 0 Å². The molecule has 1 aliphatic heterocycles. The van der Waals surface area contributed by atoms with Gasteiger partial charge in [-0.3, -0.25) is 4.79 Å². The van der Waals surface area contributed by atoms with Gasteiger partial charge >= 0.3 is 0 Å². The Kier molecular flexibility index (Phi) is 5.97. The largest absolute Gasteiger partial charge is 0.353 e. The number of hydrogen-bond acceptors (Lipinski definition) is 3. The number of benzene rings is 1. The molecule has 3 rings (SSSR count). The van der Waals surface area contributed by atoms with Crippen LogP contribution in [0.4, 0.5) is 4.39 Å². The van der Waals surface area contributed by atoms with E-state index in [1.807, 2.05) is 0 Å². The molecule has 1 unspecified atom stereocenters. The number of amides is 1. The molecule has 5 nitrogen and oxygen atoms in total. The molecular formula is C19H27FN2O3S. The molecule has 0 radical (unpaired) electrons. The molecule has 1 saturated heterocycles. The minimum Gasteiger partial charge on any atom is -0.353 e. The van der Waals surface area contributed by atoms with Crippen molar-refractivity contribution < 1.29 is 17.6 Å². The number of piperidine rings is 1. The number of nitrogens with zero attached hydrogens (tertiary/aromatic N) is 1. The second-order valence-electron chi connectivity index (χ2n) is 7.46. The third-order valence-corrected chi connectivity index (χ3v) is 7.49. The number of sulfonamides is 1. The number of hydrogen-bond donors (Lipinski definition) is 1. The Morgan fingerprint density at radius 1 is 1.15 bits per heavy atom. The van der Waals surface area contributed by atoms with Gasteiger partial charge in [-0.1, -0.05) is 19.3 Å². The van der Waals surface area contributed by atoms with Gasteiger partial charge in [0.1, 0.15) is 5.82 Å². The van der Waals surface area contributed by atoms with Crippen molar-refractivity contribution in [3.8, 4) is 0 Å². The highest BCUT2D eigenvalue weighted by molar-refractivity contribution is 7.89. The molecule has 2 fully saturated rings. The van der Waals surface area contributed by atoms with Crippen molar-refractivity contribution >= 4 is 15.9 Å². The van der Waals surface area contributed by atoms with Gasteiger partial charge in [0.2, 0.25) is 15.9 Å². The monoisotopic (exact) mass is 382 g/mol. The first-order chi connectivity index (χ1) is 12.4. The number of rotatable bonds is 4. The Morgan fingerprint density at radius 3 is 2.58 bits per heavy atom. The number of nitrogens with one attached hydrogen (secondary N) is 1. The van der Waals surface area contributed by atoms with Crippen molar-refractivity contribution in [2.75, 3.05) is 13.1 Å². The number of aryl methyl sites for hydroxylation is 1. The van der Waals surface area contributed by atoms with Crippen LogP contribution in [0.1, 0.15) is 50.5 Å². The van der Waals surface area contributed by atoms with E-state index in [1.165, 1.54) is 22.9 Å². The van der Waals surface area contributed by atoms with Crippen molar-refractivity contribution in [3.05, 3.63) is 29.6 Å². The SMILES string of the molecule is Cc1cc(F)ccc1S(=O)(=O)N1CCCC(C(=O)NC2CCCCC2)C1. The molecule has 1 amide bonds. The van der Waals surface area contributed by atoms with Crippen molar-refractivity contribution in [2.24, 2.45) is 5.92 Å². The molecule has 1 atom stereocenters. The summed E-state index contributed by atoms with van der Waals surface area (Å²) in [4.78, 5) is 12.7. The fraction of sp³-hybridized carbons (Fsp3) is 0.632. The van der Waals surface area contributed by atoms with E-state index in [4.69, 9.17) is 0 Å². The van der Waals surface area contributed by atoms with E-state index < -0.39 is 15.8 Å². The lowest BCUT2D eigenvalue weighted by molar-refractivity contribution is -0.127. The first kappa shape index (κ1) is 19.3. The van der Waals surface area contributed by atoms with Crippen LogP contribution >= 0.6 is 0 Å². The summed E-state index contributed by atoms with van der Waals surface area (Å²) >= 11 is 0. The molecule has 1 N–H and O–H groups in total. The average Bonchev–Trinajstić information content (AvgIpc) is 2.62. The van der Waals surface area contributed by atoms with Crippen LogP contribution in [-0.2, 0) is 14.8 Å². The second kappa shape index (κ2) is 8.05. The molecular weight excluding hydrogens is 355 g/mol. The van der Waals surface area contributed by atoms with Crippen LogP contribution in [0.25, 0.3) is 0 Å². The lowest BCUT2D eigenvalue weighted by Gasteiger charge is -2.33. The van der Waals surface area contributed by atoms with Gasteiger partial charge < -0.3 is 5.32 Å². The molecule has 26 heavy (non-hydrogen) atoms. The Balaban J connectivity index is 1.69. The molecule has 0 bridgehead atoms. The fourth-order valence-corrected chi connectivity index (χ4v) is 5.71. The first-order valence-electron chi connectivity index (χ1n) is 9.44. The van der Waals surface area contributed by atoms with Gasteiger partial charge in [0.05, 0.1) is 10.8 Å². The van der Waals surface area contributed by atoms with Crippen molar-refractivity contribution in [1.82, 2.24) is 9.62 Å². The third-order valence-electron chi connectivity index (χ3n) is 5.46. The van der Waals surface area contributed by atoms with E-state index in [2.05, 4.69) is 5.32 Å². The highest BCUT2D eigenvalue weighted by atomic mass is 32.2. The van der Waals surface area contributed by atoms with Gasteiger partial charge in [0.25, 0.3) is 0 Å². The summed E-state index contributed by atoms with van der Waals surface area (Å²) in [5.74, 6) is -0.807. The predicted octanol–water partition coefficient (Wildman–Crippen LogP) is 2.98. The minimum atomic E-state index is -3.72. The summed E-state index contributed by atoms with van der Waals surface area (Å²) in [5, 5.41) is 3.11. The first-order valence-corrected chi connectivity index (χ1v) is 10.9. The Morgan fingerprint density at radius 2 is 1.88 bits per heavy atom. The predicted molar refractivity (Wildman–Crippen MR) is 97.6 cm³/mol. The summed E-state index contributed by atoms with van der Waals surface area (Å²) < 4.78 is 40.6. The molecule has 1 aromatic carbocycles. The summed E-state index contributed by atoms with van der Waals surface area (Å²) in [6.07, 6.45) is 6.87. The van der Waals surface area contributed by atoms with E-state index in [0.717, 1.165) is 31.7 Å². The number of halogens is 1. The topological polar surface area (TPSA) is 66.5 Å². The summed E-state index contributed by atoms with van der Waals surface area (Å²) in [5.41, 5.74) is 0.388. The quantitative estimate of drug-likeness (QED) is 0.871. The maximum atomic E-state index is 13.3. The molecule has 1 aliphatic carbocycles. The van der Waals surface area contributed by atoms with Gasteiger partial charge in [-0.05, 0) is 56.4 Å². The van der Waals surface area contributed by atoms with Crippen molar-refractivity contribution in [3.63, 3.8) is 0 Å². The van der Waals surface area contributed by atoms with Crippen LogP contribution in [0.5, 0.6) is 0 Å². The number of carbonyl (C=O) groups excluding carboxylic acids is 1. The van der Waals surface area contributed by atoms with Crippen LogP contribution in [-0.4, -0.2) is 37.8 Å². The molecule has 7 heteroatoms. The zero-order valence-corrected chi connectivity index (χ0v) is 16.0. The maximum Gasteiger partial charge on any atom is 0.243 e. The van der Waals surface area contributed by atoms with Gasteiger partial charge in [-0.15, -0.1) is 0 Å². The molecule has 0 aromatic heterocycles. The van der Waals surface area contributed by atoms with Crippen LogP contribution in [0.3, 0.4) is 0 Å². The molecule has 1 heterocycles. The Labute approximate surface area is 155 Å². The van der Waals surface area contributed by atoms with Gasteiger partial charge in [-0.25, -0.2) is 12.8 Å². The fourth-order valence-electron chi connectivity index (χ4n) is 3.98. The third kappa shape index (κ3) is 4.26. The normalized spacial score (nSPS) is 22.9. The van der Waals surface area contributed by atoms with Gasteiger partial charge in [-0.2, -0.15) is 4.31 Å². The van der Waals surface area contributed by atoms with E-state index in [0.29, 0.717) is 24.9 Å². The Bertz CT molecular complexity index is 760. The Hall–Kier alpha value is -1.47. The smallest absolute Gasteiger partial charge is 0.243 e. The summed E-state index contributed by atoms with van der Waals surface area (Å²) in [7, 11) is -3.72. The molecule has 1 aromatic rings. The maximum absolute atomic E-state index is 13.3. The zero-order valence-electron chi connectivity index (χ0n) is 15.2. The highest BCUT2D eigenvalue weighted by Gasteiger charge is 2.34. The molecule has 0 spiro atoms. The lowest BCUT2D eigenvalue weighted by atomic mass is 9.93. The van der Waals surface area contributed by atoms with Crippen molar-refractivity contribution in [2.45, 2.75) is 62.8 Å². The summed E-state index contributed by atoms with van der Waals surface area (Å²) in [6.45, 7) is 2.18. The highest BCUT2D eigenvalue weighted by Crippen LogP contribution is 2.27. The minimum absolute atomic E-state index is 0.0346. The van der Waals surface area contributed by atoms with E-state index in [9.17, 15) is 17.6 Å². The van der Waals surface area contributed by atoms with Crippen LogP contribution in [0.15, 0.2) is 23.1 Å². The van der Waals surface area contributed by atoms with Crippen molar-refractivity contribution in [1.29, 1.82) is 0 Å². The zero-order chi connectivity index (χ0) is 18.7. The molecule has 1 saturated carbocycles. The van der Waals surface area contributed by atoms with Crippen LogP contribution in [0.2, 0.25) is 0 Å². The number of carbonyl (C=O) groups is 1. The summed E-state index contributed by atoms with van der Waals surface area (Å²) in [6, 6.07) is 3.93.